The molecule has 2 aliphatic heterocycles. The summed E-state index contributed by atoms with van der Waals surface area (Å²) in [6, 6.07) is 128. The summed E-state index contributed by atoms with van der Waals surface area (Å²) in [5, 5.41) is 2.55. The zero-order valence-electron chi connectivity index (χ0n) is 49.7. The monoisotopic (exact) mass is 1170 g/mol. The number of thiophene rings is 1. The molecular weight excluding hydrogens is 1120 g/mol. The van der Waals surface area contributed by atoms with E-state index < -0.39 is 10.8 Å². The maximum absolute atomic E-state index is 2.66. The van der Waals surface area contributed by atoms with Crippen molar-refractivity contribution < 1.29 is 0 Å². The predicted octanol–water partition coefficient (Wildman–Crippen LogP) is 20.3. The fourth-order valence-electron chi connectivity index (χ4n) is 16.8. The van der Waals surface area contributed by atoms with Crippen molar-refractivity contribution in [2.75, 3.05) is 14.7 Å². The lowest BCUT2D eigenvalue weighted by Gasteiger charge is -2.46. The lowest BCUT2D eigenvalue weighted by Crippen LogP contribution is -2.61. The number of para-hydroxylation sites is 3. The summed E-state index contributed by atoms with van der Waals surface area (Å²) in [6.07, 6.45) is 0. The van der Waals surface area contributed by atoms with Gasteiger partial charge in [-0.25, -0.2) is 0 Å². The molecule has 91 heavy (non-hydrogen) atoms. The molecule has 19 rings (SSSR count). The van der Waals surface area contributed by atoms with E-state index in [9.17, 15) is 0 Å². The number of hydrogen-bond donors (Lipinski definition) is 0. The van der Waals surface area contributed by atoms with Crippen LogP contribution in [0.5, 0.6) is 0 Å². The van der Waals surface area contributed by atoms with Gasteiger partial charge in [-0.3, -0.25) is 0 Å². The van der Waals surface area contributed by atoms with E-state index in [4.69, 9.17) is 0 Å². The Morgan fingerprint density at radius 2 is 0.747 bits per heavy atom. The fraction of sp³-hybridized carbons (Fsp3) is 0.0233. The van der Waals surface area contributed by atoms with Gasteiger partial charge >= 0.3 is 0 Å². The molecule has 0 bridgehead atoms. The van der Waals surface area contributed by atoms with Gasteiger partial charge in [0.05, 0.1) is 27.9 Å². The molecule has 0 amide bonds. The van der Waals surface area contributed by atoms with E-state index in [0.717, 1.165) is 39.8 Å². The van der Waals surface area contributed by atoms with Crippen LogP contribution < -0.4 is 31.1 Å². The third-order valence-electron chi connectivity index (χ3n) is 20.1. The van der Waals surface area contributed by atoms with Gasteiger partial charge < -0.3 is 14.7 Å². The van der Waals surface area contributed by atoms with Crippen molar-refractivity contribution in [1.29, 1.82) is 0 Å². The van der Waals surface area contributed by atoms with Crippen LogP contribution in [0.4, 0.5) is 51.2 Å². The highest BCUT2D eigenvalue weighted by molar-refractivity contribution is 7.26. The molecular formula is C86H56BN3S. The van der Waals surface area contributed by atoms with E-state index in [2.05, 4.69) is 354 Å². The third-order valence-corrected chi connectivity index (χ3v) is 21.3. The molecule has 0 unspecified atom stereocenters. The van der Waals surface area contributed by atoms with Gasteiger partial charge in [0.2, 0.25) is 0 Å². The summed E-state index contributed by atoms with van der Waals surface area (Å²) >= 11 is 1.89. The number of hydrogen-bond acceptors (Lipinski definition) is 4. The van der Waals surface area contributed by atoms with E-state index >= 15 is 0 Å². The van der Waals surface area contributed by atoms with Gasteiger partial charge in [0.25, 0.3) is 6.71 Å². The topological polar surface area (TPSA) is 9.72 Å². The Kier molecular flexibility index (Phi) is 11.5. The Bertz CT molecular complexity index is 5290. The van der Waals surface area contributed by atoms with Gasteiger partial charge in [0.15, 0.2) is 0 Å². The molecule has 0 saturated carbocycles. The lowest BCUT2D eigenvalue weighted by molar-refractivity contribution is 0.768. The molecule has 2 aliphatic carbocycles. The summed E-state index contributed by atoms with van der Waals surface area (Å²) in [5.41, 5.74) is 27.7. The van der Waals surface area contributed by atoms with Gasteiger partial charge in [-0.15, -0.1) is 11.3 Å². The first-order valence-electron chi connectivity index (χ1n) is 31.6. The molecule has 14 aromatic carbocycles. The quantitative estimate of drug-likeness (QED) is 0.133. The molecule has 15 aromatic rings. The predicted molar refractivity (Wildman–Crippen MR) is 383 cm³/mol. The van der Waals surface area contributed by atoms with Gasteiger partial charge in [0.1, 0.15) is 0 Å². The highest BCUT2D eigenvalue weighted by atomic mass is 32.1. The van der Waals surface area contributed by atoms with Crippen LogP contribution in [-0.4, -0.2) is 6.71 Å². The van der Waals surface area contributed by atoms with Gasteiger partial charge in [-0.05, 0) is 139 Å². The van der Waals surface area contributed by atoms with E-state index in [-0.39, 0.29) is 6.71 Å². The van der Waals surface area contributed by atoms with Crippen molar-refractivity contribution in [2.24, 2.45) is 0 Å². The summed E-state index contributed by atoms with van der Waals surface area (Å²) in [4.78, 5) is 7.87. The van der Waals surface area contributed by atoms with Crippen molar-refractivity contribution >= 4 is 106 Å². The number of nitrogens with zero attached hydrogens (tertiary/aromatic N) is 3. The zero-order chi connectivity index (χ0) is 59.8. The Labute approximate surface area is 534 Å². The summed E-state index contributed by atoms with van der Waals surface area (Å²) < 4.78 is 2.55. The van der Waals surface area contributed by atoms with Crippen LogP contribution in [-0.2, 0) is 10.8 Å². The second-order valence-electron chi connectivity index (χ2n) is 24.5. The minimum Gasteiger partial charge on any atom is -0.311 e. The molecule has 3 heterocycles. The second-order valence-corrected chi connectivity index (χ2v) is 25.6. The average Bonchev–Trinajstić information content (AvgIpc) is 1.64. The number of fused-ring (bicyclic) bond motifs is 15. The number of anilines is 9. The van der Waals surface area contributed by atoms with Crippen molar-refractivity contribution in [2.45, 2.75) is 10.8 Å². The van der Waals surface area contributed by atoms with E-state index in [1.807, 2.05) is 11.3 Å². The first-order valence-corrected chi connectivity index (χ1v) is 32.4. The van der Waals surface area contributed by atoms with Crippen molar-refractivity contribution in [1.82, 2.24) is 0 Å². The molecule has 1 aromatic heterocycles. The molecule has 3 nitrogen and oxygen atoms in total. The maximum atomic E-state index is 2.66. The van der Waals surface area contributed by atoms with Gasteiger partial charge in [-0.2, -0.15) is 0 Å². The van der Waals surface area contributed by atoms with E-state index in [0.29, 0.717) is 0 Å². The van der Waals surface area contributed by atoms with Gasteiger partial charge in [-0.1, -0.05) is 273 Å². The Morgan fingerprint density at radius 3 is 1.31 bits per heavy atom. The summed E-state index contributed by atoms with van der Waals surface area (Å²) in [7, 11) is 0. The average molecular weight is 1170 g/mol. The van der Waals surface area contributed by atoms with Crippen LogP contribution in [0.15, 0.2) is 340 Å². The zero-order valence-corrected chi connectivity index (χ0v) is 50.5. The molecule has 0 fully saturated rings. The first-order chi connectivity index (χ1) is 45.2. The number of rotatable bonds is 9. The van der Waals surface area contributed by atoms with E-state index in [1.54, 1.807) is 0 Å². The molecule has 424 valence electrons. The Hall–Kier alpha value is -11.2. The largest absolute Gasteiger partial charge is 0.311 e. The summed E-state index contributed by atoms with van der Waals surface area (Å²) in [5.74, 6) is 0. The molecule has 0 saturated heterocycles. The van der Waals surface area contributed by atoms with Crippen molar-refractivity contribution in [3.63, 3.8) is 0 Å². The van der Waals surface area contributed by atoms with Crippen LogP contribution in [0.2, 0.25) is 0 Å². The Morgan fingerprint density at radius 1 is 0.319 bits per heavy atom. The minimum atomic E-state index is -0.627. The smallest absolute Gasteiger partial charge is 0.252 e. The van der Waals surface area contributed by atoms with Crippen LogP contribution >= 0.6 is 11.3 Å². The second kappa shape index (κ2) is 20.1. The van der Waals surface area contributed by atoms with Crippen LogP contribution in [0.3, 0.4) is 0 Å². The fourth-order valence-corrected chi connectivity index (χ4v) is 17.9. The lowest BCUT2D eigenvalue weighted by atomic mass is 9.33. The molecule has 5 heteroatoms. The van der Waals surface area contributed by atoms with Crippen LogP contribution in [0.25, 0.3) is 42.4 Å². The molecule has 0 N–H and O–H groups in total. The van der Waals surface area contributed by atoms with E-state index in [1.165, 1.54) is 115 Å². The van der Waals surface area contributed by atoms with Crippen molar-refractivity contribution in [3.05, 3.63) is 384 Å². The SMILES string of the molecule is c1ccc(N(c2cc3c4c(c2)N(c2ccccc2)c2c(ccc5sc6ccccc6c25)B4c2ccc4c(c2N3c2ccccc2)-c2ccccc2C4(c2ccccc2)c2ccccc2)c2cccc3c2-c2ccccc2C3(c2ccccc2)c2ccccc2)cc1. The van der Waals surface area contributed by atoms with Crippen LogP contribution in [0.1, 0.15) is 44.5 Å². The van der Waals surface area contributed by atoms with Gasteiger partial charge in [0, 0.05) is 65.4 Å². The Balaban J connectivity index is 0.976. The molecule has 0 spiro atoms. The third kappa shape index (κ3) is 7.21. The van der Waals surface area contributed by atoms with Crippen LogP contribution in [0, 0.1) is 0 Å². The highest BCUT2D eigenvalue weighted by Gasteiger charge is 2.53. The van der Waals surface area contributed by atoms with Crippen molar-refractivity contribution in [3.8, 4) is 22.3 Å². The highest BCUT2D eigenvalue weighted by Crippen LogP contribution is 2.63. The molecule has 4 aliphatic rings. The number of benzene rings is 14. The standard InChI is InChI=1S/C86H56BN3S/c1-8-29-57(30-9-1)85(58-31-10-2-11-32-58)68-46-25-22-43-65(68)79-70(85)48-28-49-74(79)88(61-37-16-5-17-38-61)64-55-75-82-76(56-64)90(63-41-20-7-21-42-63)84-73(53-54-78-81(84)67-45-24-27-50-77(67)91-78)87(82)72-52-51-71-80(83(72)89(75)62-39-18-6-19-40-62)66-44-23-26-47-69(66)86(71,59-33-12-3-13-34-59)60-35-14-4-15-36-60/h1-56H. The normalized spacial score (nSPS) is 14.0. The molecule has 0 atom stereocenters. The summed E-state index contributed by atoms with van der Waals surface area (Å²) in [6.45, 7) is -0.177. The maximum Gasteiger partial charge on any atom is 0.252 e. The first kappa shape index (κ1) is 51.8. The minimum absolute atomic E-state index is 0.177. The molecule has 0 radical (unpaired) electrons.